The Morgan fingerprint density at radius 1 is 1.10 bits per heavy atom. The maximum atomic E-state index is 10.7. The van der Waals surface area contributed by atoms with Crippen LogP contribution in [0, 0.1) is 0 Å². The van der Waals surface area contributed by atoms with Crippen LogP contribution in [0.3, 0.4) is 0 Å². The highest BCUT2D eigenvalue weighted by atomic mass is 31.1. The lowest BCUT2D eigenvalue weighted by Crippen LogP contribution is -2.25. The Bertz CT molecular complexity index is 143. The summed E-state index contributed by atoms with van der Waals surface area (Å²) < 4.78 is 20.8. The van der Waals surface area contributed by atoms with Gasteiger partial charge in [-0.1, -0.05) is 12.8 Å². The Morgan fingerprint density at radius 3 is 2.10 bits per heavy atom. The normalized spacial score (nSPS) is 43.4. The van der Waals surface area contributed by atoms with Crippen molar-refractivity contribution in [2.24, 2.45) is 0 Å². The molecule has 2 rings (SSSR count). The Hall–Kier alpha value is 0.0200. The molecule has 2 unspecified atom stereocenters. The van der Waals surface area contributed by atoms with Gasteiger partial charge in [0.05, 0.1) is 0 Å². The summed E-state index contributed by atoms with van der Waals surface area (Å²) in [5.41, 5.74) is 0. The van der Waals surface area contributed by atoms with Gasteiger partial charge in [0, 0.05) is 4.57 Å². The molecule has 1 aliphatic heterocycles. The van der Waals surface area contributed by atoms with Crippen molar-refractivity contribution >= 4 is 8.25 Å². The fourth-order valence-electron chi connectivity index (χ4n) is 1.55. The van der Waals surface area contributed by atoms with Crippen molar-refractivity contribution in [3.8, 4) is 0 Å². The van der Waals surface area contributed by atoms with E-state index < -0.39 is 8.25 Å². The van der Waals surface area contributed by atoms with Crippen molar-refractivity contribution < 1.29 is 13.6 Å². The first-order valence-electron chi connectivity index (χ1n) is 3.67. The van der Waals surface area contributed by atoms with E-state index in [-0.39, 0.29) is 12.2 Å². The summed E-state index contributed by atoms with van der Waals surface area (Å²) in [5, 5.41) is 0. The van der Waals surface area contributed by atoms with E-state index in [9.17, 15) is 4.57 Å². The van der Waals surface area contributed by atoms with Crippen molar-refractivity contribution in [1.82, 2.24) is 0 Å². The van der Waals surface area contributed by atoms with Gasteiger partial charge in [0.15, 0.2) is 0 Å². The highest BCUT2D eigenvalue weighted by Crippen LogP contribution is 2.43. The molecule has 0 N–H and O–H groups in total. The first kappa shape index (κ1) is 6.71. The monoisotopic (exact) mass is 161 g/mol. The molecule has 0 spiro atoms. The lowest BCUT2D eigenvalue weighted by Gasteiger charge is -2.15. The summed E-state index contributed by atoms with van der Waals surface area (Å²) in [4.78, 5) is 0. The van der Waals surface area contributed by atoms with Crippen molar-refractivity contribution in [2.75, 3.05) is 0 Å². The summed E-state index contributed by atoms with van der Waals surface area (Å²) in [6.45, 7) is 0. The first-order valence-corrected chi connectivity index (χ1v) is 4.76. The zero-order valence-corrected chi connectivity index (χ0v) is 6.55. The third-order valence-corrected chi connectivity index (χ3v) is 2.97. The lowest BCUT2D eigenvalue weighted by atomic mass is 9.95. The second kappa shape index (κ2) is 2.57. The van der Waals surface area contributed by atoms with Crippen LogP contribution in [0.5, 0.6) is 0 Å². The van der Waals surface area contributed by atoms with Gasteiger partial charge in [-0.25, -0.2) is 0 Å². The van der Waals surface area contributed by atoms with E-state index in [1.54, 1.807) is 0 Å². The Kier molecular flexibility index (Phi) is 1.73. The van der Waals surface area contributed by atoms with E-state index in [0.29, 0.717) is 0 Å². The fraction of sp³-hybridized carbons (Fsp3) is 1.00. The molecule has 0 aromatic rings. The van der Waals surface area contributed by atoms with Gasteiger partial charge < -0.3 is 0 Å². The fourth-order valence-corrected chi connectivity index (χ4v) is 2.52. The number of rotatable bonds is 0. The third kappa shape index (κ3) is 1.09. The smallest absolute Gasteiger partial charge is 0.113 e. The van der Waals surface area contributed by atoms with E-state index in [4.69, 9.17) is 9.05 Å². The largest absolute Gasteiger partial charge is 0.698 e. The molecule has 1 saturated heterocycles. The molecule has 1 heterocycles. The molecule has 0 aromatic heterocycles. The van der Waals surface area contributed by atoms with Crippen LogP contribution < -0.4 is 0 Å². The predicted molar refractivity (Wildman–Crippen MR) is 35.8 cm³/mol. The third-order valence-electron chi connectivity index (χ3n) is 2.08. The highest BCUT2D eigenvalue weighted by Gasteiger charge is 2.47. The molecule has 0 amide bonds. The minimum absolute atomic E-state index is 0.136. The molecule has 0 radical (unpaired) electrons. The van der Waals surface area contributed by atoms with Crippen molar-refractivity contribution in [3.05, 3.63) is 0 Å². The summed E-state index contributed by atoms with van der Waals surface area (Å²) in [6, 6.07) is 0. The first-order chi connectivity index (χ1) is 4.86. The molecular weight excluding hydrogens is 151 g/mol. The topological polar surface area (TPSA) is 35.5 Å². The molecule has 3 nitrogen and oxygen atoms in total. The van der Waals surface area contributed by atoms with E-state index in [2.05, 4.69) is 0 Å². The highest BCUT2D eigenvalue weighted by molar-refractivity contribution is 7.33. The van der Waals surface area contributed by atoms with Gasteiger partial charge in [-0.3, -0.25) is 0 Å². The zero-order chi connectivity index (χ0) is 6.97. The minimum atomic E-state index is -1.77. The number of hydrogen-bond acceptors (Lipinski definition) is 3. The van der Waals surface area contributed by atoms with Gasteiger partial charge in [-0.15, -0.1) is 9.05 Å². The maximum Gasteiger partial charge on any atom is 0.698 e. The van der Waals surface area contributed by atoms with Crippen molar-refractivity contribution in [1.29, 1.82) is 0 Å². The summed E-state index contributed by atoms with van der Waals surface area (Å²) >= 11 is 0. The minimum Gasteiger partial charge on any atom is -0.113 e. The van der Waals surface area contributed by atoms with Crippen LogP contribution in [0.15, 0.2) is 0 Å². The maximum absolute atomic E-state index is 10.7. The van der Waals surface area contributed by atoms with Crippen LogP contribution in [-0.4, -0.2) is 12.2 Å². The van der Waals surface area contributed by atoms with Gasteiger partial charge in [-0.05, 0) is 12.8 Å². The van der Waals surface area contributed by atoms with E-state index in [1.807, 2.05) is 0 Å². The van der Waals surface area contributed by atoms with Gasteiger partial charge in [-0.2, -0.15) is 0 Å². The standard InChI is InChI=1S/C6H10O3P/c7-10-8-5-3-1-2-4-6(5)9-10/h5-6H,1-4H2/q+1. The molecule has 0 aromatic carbocycles. The SMILES string of the molecule is O=[P+]1OC2CCCCC2O1. The molecule has 10 heavy (non-hydrogen) atoms. The predicted octanol–water partition coefficient (Wildman–Crippen LogP) is 2.00. The molecule has 2 fully saturated rings. The van der Waals surface area contributed by atoms with Gasteiger partial charge in [0.25, 0.3) is 0 Å². The second-order valence-corrected chi connectivity index (χ2v) is 3.66. The molecule has 1 aliphatic carbocycles. The van der Waals surface area contributed by atoms with Crippen LogP contribution in [0.4, 0.5) is 0 Å². The van der Waals surface area contributed by atoms with E-state index in [1.165, 1.54) is 12.8 Å². The van der Waals surface area contributed by atoms with E-state index >= 15 is 0 Å². The quantitative estimate of drug-likeness (QED) is 0.509. The molecule has 1 saturated carbocycles. The molecule has 4 heteroatoms. The number of hydrogen-bond donors (Lipinski definition) is 0. The molecule has 0 bridgehead atoms. The van der Waals surface area contributed by atoms with Gasteiger partial charge in [0.1, 0.15) is 12.2 Å². The van der Waals surface area contributed by atoms with Crippen molar-refractivity contribution in [3.63, 3.8) is 0 Å². The van der Waals surface area contributed by atoms with Gasteiger partial charge >= 0.3 is 8.25 Å². The van der Waals surface area contributed by atoms with E-state index in [0.717, 1.165) is 12.8 Å². The Morgan fingerprint density at radius 2 is 1.60 bits per heavy atom. The molecule has 2 aliphatic rings. The second-order valence-electron chi connectivity index (χ2n) is 2.80. The van der Waals surface area contributed by atoms with Crippen LogP contribution in [-0.2, 0) is 13.6 Å². The Balaban J connectivity index is 2.04. The molecular formula is C6H10O3P+. The summed E-state index contributed by atoms with van der Waals surface area (Å²) in [5.74, 6) is 0. The van der Waals surface area contributed by atoms with Crippen LogP contribution >= 0.6 is 8.25 Å². The van der Waals surface area contributed by atoms with Crippen LogP contribution in [0.1, 0.15) is 25.7 Å². The average molecular weight is 161 g/mol. The lowest BCUT2D eigenvalue weighted by molar-refractivity contribution is 0.110. The van der Waals surface area contributed by atoms with Crippen LogP contribution in [0.25, 0.3) is 0 Å². The summed E-state index contributed by atoms with van der Waals surface area (Å²) in [6.07, 6.45) is 4.69. The summed E-state index contributed by atoms with van der Waals surface area (Å²) in [7, 11) is -1.77. The molecule has 56 valence electrons. The van der Waals surface area contributed by atoms with Crippen LogP contribution in [0.2, 0.25) is 0 Å². The molecule has 2 atom stereocenters. The zero-order valence-electron chi connectivity index (χ0n) is 5.66. The van der Waals surface area contributed by atoms with Gasteiger partial charge in [0.2, 0.25) is 0 Å². The number of fused-ring (bicyclic) bond motifs is 1. The Labute approximate surface area is 60.7 Å². The van der Waals surface area contributed by atoms with Crippen molar-refractivity contribution in [2.45, 2.75) is 37.9 Å². The average Bonchev–Trinajstić information content (AvgIpc) is 2.27.